The average molecular weight is 299 g/mol. The van der Waals surface area contributed by atoms with Crippen LogP contribution in [0.4, 0.5) is 0 Å². The Morgan fingerprint density at radius 1 is 1.18 bits per heavy atom. The number of aromatic nitrogens is 2. The normalized spacial score (nSPS) is 18.5. The zero-order valence-corrected chi connectivity index (χ0v) is 13.2. The van der Waals surface area contributed by atoms with E-state index >= 15 is 0 Å². The molecule has 0 saturated carbocycles. The van der Waals surface area contributed by atoms with Gasteiger partial charge in [0.05, 0.1) is 12.6 Å². The first-order chi connectivity index (χ1) is 10.7. The summed E-state index contributed by atoms with van der Waals surface area (Å²) in [6, 6.07) is 10.5. The van der Waals surface area contributed by atoms with Crippen LogP contribution in [0.2, 0.25) is 0 Å². The van der Waals surface area contributed by atoms with E-state index < -0.39 is 0 Å². The number of piperidine rings is 1. The van der Waals surface area contributed by atoms with E-state index in [1.807, 2.05) is 19.2 Å². The number of rotatable bonds is 5. The molecule has 1 aliphatic heterocycles. The number of aliphatic hydroxyl groups excluding tert-OH is 1. The Morgan fingerprint density at radius 3 is 2.59 bits per heavy atom. The van der Waals surface area contributed by atoms with Gasteiger partial charge in [0.1, 0.15) is 5.82 Å². The third-order valence-corrected chi connectivity index (χ3v) is 4.68. The van der Waals surface area contributed by atoms with Crippen LogP contribution in [0.1, 0.15) is 31.2 Å². The van der Waals surface area contributed by atoms with Gasteiger partial charge in [-0.2, -0.15) is 0 Å². The fourth-order valence-corrected chi connectivity index (χ4v) is 3.21. The lowest BCUT2D eigenvalue weighted by atomic mass is 9.92. The maximum absolute atomic E-state index is 9.69. The minimum absolute atomic E-state index is 0.179. The fourth-order valence-electron chi connectivity index (χ4n) is 3.21. The Balaban J connectivity index is 1.59. The Bertz CT molecular complexity index is 571. The van der Waals surface area contributed by atoms with Crippen LogP contribution in [0.5, 0.6) is 0 Å². The minimum Gasteiger partial charge on any atom is -0.393 e. The molecule has 2 heterocycles. The zero-order chi connectivity index (χ0) is 15.4. The monoisotopic (exact) mass is 299 g/mol. The van der Waals surface area contributed by atoms with Gasteiger partial charge in [0, 0.05) is 18.9 Å². The number of benzene rings is 1. The van der Waals surface area contributed by atoms with Crippen LogP contribution in [0.25, 0.3) is 0 Å². The van der Waals surface area contributed by atoms with E-state index in [9.17, 15) is 5.11 Å². The molecule has 0 aliphatic carbocycles. The molecule has 0 amide bonds. The summed E-state index contributed by atoms with van der Waals surface area (Å²) in [6.45, 7) is 5.78. The maximum Gasteiger partial charge on any atom is 0.123 e. The molecule has 1 aromatic carbocycles. The highest BCUT2D eigenvalue weighted by Crippen LogP contribution is 2.21. The smallest absolute Gasteiger partial charge is 0.123 e. The first kappa shape index (κ1) is 15.3. The summed E-state index contributed by atoms with van der Waals surface area (Å²) in [5.74, 6) is 1.58. The van der Waals surface area contributed by atoms with Crippen molar-refractivity contribution in [2.24, 2.45) is 5.92 Å². The summed E-state index contributed by atoms with van der Waals surface area (Å²) < 4.78 is 2.23. The molecule has 1 fully saturated rings. The van der Waals surface area contributed by atoms with E-state index in [1.54, 1.807) is 0 Å². The molecule has 0 spiro atoms. The number of nitrogens with zero attached hydrogens (tertiary/aromatic N) is 3. The average Bonchev–Trinajstić information content (AvgIpc) is 2.96. The second-order valence-electron chi connectivity index (χ2n) is 6.31. The van der Waals surface area contributed by atoms with Gasteiger partial charge in [-0.3, -0.25) is 4.90 Å². The van der Waals surface area contributed by atoms with E-state index in [-0.39, 0.29) is 6.10 Å². The molecule has 0 radical (unpaired) electrons. The van der Waals surface area contributed by atoms with Gasteiger partial charge in [-0.1, -0.05) is 30.3 Å². The SMILES string of the molecule is CC(O)C1CCN(Cc2nccn2Cc2ccccc2)CC1. The highest BCUT2D eigenvalue weighted by atomic mass is 16.3. The summed E-state index contributed by atoms with van der Waals surface area (Å²) in [7, 11) is 0. The third-order valence-electron chi connectivity index (χ3n) is 4.68. The van der Waals surface area contributed by atoms with Crippen molar-refractivity contribution in [2.45, 2.75) is 39.0 Å². The van der Waals surface area contributed by atoms with Crippen molar-refractivity contribution in [3.05, 3.63) is 54.1 Å². The Morgan fingerprint density at radius 2 is 1.91 bits per heavy atom. The molecule has 4 heteroatoms. The van der Waals surface area contributed by atoms with Crippen molar-refractivity contribution in [1.29, 1.82) is 0 Å². The van der Waals surface area contributed by atoms with Gasteiger partial charge >= 0.3 is 0 Å². The van der Waals surface area contributed by atoms with E-state index in [1.165, 1.54) is 5.56 Å². The van der Waals surface area contributed by atoms with Gasteiger partial charge in [0.15, 0.2) is 0 Å². The van der Waals surface area contributed by atoms with Gasteiger partial charge in [-0.05, 0) is 44.3 Å². The van der Waals surface area contributed by atoms with Crippen LogP contribution in [0.3, 0.4) is 0 Å². The molecule has 2 aromatic rings. The van der Waals surface area contributed by atoms with Crippen molar-refractivity contribution in [3.8, 4) is 0 Å². The molecule has 118 valence electrons. The molecule has 3 rings (SSSR count). The first-order valence-electron chi connectivity index (χ1n) is 8.17. The third kappa shape index (κ3) is 3.76. The second-order valence-corrected chi connectivity index (χ2v) is 6.31. The van der Waals surface area contributed by atoms with Crippen molar-refractivity contribution in [3.63, 3.8) is 0 Å². The minimum atomic E-state index is -0.179. The van der Waals surface area contributed by atoms with Crippen LogP contribution in [0.15, 0.2) is 42.7 Å². The van der Waals surface area contributed by atoms with Gasteiger partial charge in [0.2, 0.25) is 0 Å². The number of hydrogen-bond acceptors (Lipinski definition) is 3. The summed E-state index contributed by atoms with van der Waals surface area (Å²) in [6.07, 6.45) is 5.93. The molecule has 0 bridgehead atoms. The molecular weight excluding hydrogens is 274 g/mol. The highest BCUT2D eigenvalue weighted by molar-refractivity contribution is 5.15. The molecule has 1 aromatic heterocycles. The van der Waals surface area contributed by atoms with Crippen molar-refractivity contribution >= 4 is 0 Å². The number of likely N-dealkylation sites (tertiary alicyclic amines) is 1. The lowest BCUT2D eigenvalue weighted by Crippen LogP contribution is -2.37. The summed E-state index contributed by atoms with van der Waals surface area (Å²) in [5.41, 5.74) is 1.30. The summed E-state index contributed by atoms with van der Waals surface area (Å²) in [5, 5.41) is 9.69. The van der Waals surface area contributed by atoms with Gasteiger partial charge < -0.3 is 9.67 Å². The quantitative estimate of drug-likeness (QED) is 0.922. The Labute approximate surface area is 132 Å². The first-order valence-corrected chi connectivity index (χ1v) is 8.17. The second kappa shape index (κ2) is 7.07. The number of aliphatic hydroxyl groups is 1. The maximum atomic E-state index is 9.69. The molecular formula is C18H25N3O. The zero-order valence-electron chi connectivity index (χ0n) is 13.2. The predicted octanol–water partition coefficient (Wildman–Crippen LogP) is 2.52. The van der Waals surface area contributed by atoms with Crippen LogP contribution >= 0.6 is 0 Å². The largest absolute Gasteiger partial charge is 0.393 e. The number of imidazole rings is 1. The molecule has 1 N–H and O–H groups in total. The Hall–Kier alpha value is -1.65. The molecule has 4 nitrogen and oxygen atoms in total. The van der Waals surface area contributed by atoms with Crippen LogP contribution in [-0.2, 0) is 13.1 Å². The van der Waals surface area contributed by atoms with Crippen LogP contribution in [-0.4, -0.2) is 38.8 Å². The van der Waals surface area contributed by atoms with E-state index in [4.69, 9.17) is 0 Å². The van der Waals surface area contributed by atoms with Gasteiger partial charge in [0.25, 0.3) is 0 Å². The fraction of sp³-hybridized carbons (Fsp3) is 0.500. The van der Waals surface area contributed by atoms with E-state index in [0.717, 1.165) is 44.8 Å². The molecule has 1 saturated heterocycles. The van der Waals surface area contributed by atoms with Crippen LogP contribution in [0, 0.1) is 5.92 Å². The van der Waals surface area contributed by atoms with E-state index in [0.29, 0.717) is 5.92 Å². The van der Waals surface area contributed by atoms with Gasteiger partial charge in [-0.25, -0.2) is 4.98 Å². The molecule has 22 heavy (non-hydrogen) atoms. The molecule has 1 aliphatic rings. The molecule has 1 atom stereocenters. The van der Waals surface area contributed by atoms with Gasteiger partial charge in [-0.15, -0.1) is 0 Å². The van der Waals surface area contributed by atoms with Crippen molar-refractivity contribution < 1.29 is 5.11 Å². The lowest BCUT2D eigenvalue weighted by molar-refractivity contribution is 0.0684. The summed E-state index contributed by atoms with van der Waals surface area (Å²) in [4.78, 5) is 6.98. The topological polar surface area (TPSA) is 41.3 Å². The van der Waals surface area contributed by atoms with Crippen molar-refractivity contribution in [2.75, 3.05) is 13.1 Å². The van der Waals surface area contributed by atoms with E-state index in [2.05, 4.69) is 44.9 Å². The molecule has 1 unspecified atom stereocenters. The predicted molar refractivity (Wildman–Crippen MR) is 87.5 cm³/mol. The highest BCUT2D eigenvalue weighted by Gasteiger charge is 2.23. The summed E-state index contributed by atoms with van der Waals surface area (Å²) >= 11 is 0. The Kier molecular flexibility index (Phi) is 4.90. The standard InChI is InChI=1S/C18H25N3O/c1-15(22)17-7-10-20(11-8-17)14-18-19-9-12-21(18)13-16-5-3-2-4-6-16/h2-6,9,12,15,17,22H,7-8,10-11,13-14H2,1H3. The number of hydrogen-bond donors (Lipinski definition) is 1. The lowest BCUT2D eigenvalue weighted by Gasteiger charge is -2.33. The van der Waals surface area contributed by atoms with Crippen LogP contribution < -0.4 is 0 Å². The van der Waals surface area contributed by atoms with Crippen molar-refractivity contribution in [1.82, 2.24) is 14.5 Å².